The van der Waals surface area contributed by atoms with Crippen LogP contribution in [0.25, 0.3) is 22.6 Å². The monoisotopic (exact) mass is 402 g/mol. The van der Waals surface area contributed by atoms with Crippen molar-refractivity contribution in [3.05, 3.63) is 83.9 Å². The van der Waals surface area contributed by atoms with E-state index in [0.717, 1.165) is 33.7 Å². The molecule has 1 N–H and O–H groups in total. The number of nitrogens with one attached hydrogen (secondary N) is 1. The minimum atomic E-state index is -0.161. The number of nitrogens with zero attached hydrogens (tertiary/aromatic N) is 1. The number of oxazole rings is 1. The molecular weight excluding hydrogens is 380 g/mol. The Hall–Kier alpha value is -3.05. The Morgan fingerprint density at radius 2 is 1.90 bits per heavy atom. The number of hydrogen-bond donors (Lipinski definition) is 1. The van der Waals surface area contributed by atoms with E-state index in [1.54, 1.807) is 11.8 Å². The number of anilines is 1. The quantitative estimate of drug-likeness (QED) is 0.426. The molecule has 4 nitrogen and oxygen atoms in total. The van der Waals surface area contributed by atoms with E-state index in [-0.39, 0.29) is 11.2 Å². The summed E-state index contributed by atoms with van der Waals surface area (Å²) < 4.78 is 5.88. The highest BCUT2D eigenvalue weighted by molar-refractivity contribution is 7.99. The summed E-state index contributed by atoms with van der Waals surface area (Å²) in [4.78, 5) is 17.2. The molecule has 0 bridgehead atoms. The van der Waals surface area contributed by atoms with Gasteiger partial charge in [0.15, 0.2) is 5.58 Å². The lowest BCUT2D eigenvalue weighted by molar-refractivity contribution is -0.115. The van der Waals surface area contributed by atoms with Gasteiger partial charge < -0.3 is 9.73 Å². The normalized spacial score (nSPS) is 12.1. The summed E-state index contributed by atoms with van der Waals surface area (Å²) >= 11 is 1.62. The second kappa shape index (κ2) is 8.53. The van der Waals surface area contributed by atoms with E-state index < -0.39 is 0 Å². The second-order valence-electron chi connectivity index (χ2n) is 7.00. The van der Waals surface area contributed by atoms with E-state index in [9.17, 15) is 4.79 Å². The van der Waals surface area contributed by atoms with Crippen LogP contribution in [0, 0.1) is 6.92 Å². The Bertz CT molecular complexity index is 1140. The van der Waals surface area contributed by atoms with Crippen molar-refractivity contribution in [2.24, 2.45) is 0 Å². The van der Waals surface area contributed by atoms with Crippen molar-refractivity contribution in [2.75, 3.05) is 5.32 Å². The van der Waals surface area contributed by atoms with Crippen LogP contribution in [0.1, 0.15) is 18.1 Å². The predicted octanol–water partition coefficient (Wildman–Crippen LogP) is 6.06. The number of benzene rings is 3. The number of thioether (sulfide) groups is 1. The molecule has 5 heteroatoms. The average Bonchev–Trinajstić information content (AvgIpc) is 3.16. The number of amides is 1. The van der Waals surface area contributed by atoms with Crippen LogP contribution in [0.2, 0.25) is 0 Å². The maximum Gasteiger partial charge on any atom is 0.237 e. The first-order chi connectivity index (χ1) is 14.1. The first-order valence-electron chi connectivity index (χ1n) is 9.52. The fraction of sp³-hybridized carbons (Fsp3) is 0.167. The Kier molecular flexibility index (Phi) is 5.67. The molecule has 0 aliphatic carbocycles. The molecule has 0 radical (unpaired) electrons. The van der Waals surface area contributed by atoms with Crippen LogP contribution in [0.3, 0.4) is 0 Å². The van der Waals surface area contributed by atoms with Crippen molar-refractivity contribution in [2.45, 2.75) is 24.9 Å². The SMILES string of the molecule is Cc1ccc2oc(-c3cccc(NC(=O)C(C)SCc4ccccc4)c3)nc2c1. The first-order valence-corrected chi connectivity index (χ1v) is 10.6. The van der Waals surface area contributed by atoms with E-state index in [1.165, 1.54) is 5.56 Å². The van der Waals surface area contributed by atoms with Crippen LogP contribution in [0.5, 0.6) is 0 Å². The summed E-state index contributed by atoms with van der Waals surface area (Å²) in [5.41, 5.74) is 5.51. The number of carbonyl (C=O) groups excluding carboxylic acids is 1. The van der Waals surface area contributed by atoms with Crippen molar-refractivity contribution in [3.63, 3.8) is 0 Å². The second-order valence-corrected chi connectivity index (χ2v) is 8.33. The predicted molar refractivity (Wildman–Crippen MR) is 120 cm³/mol. The van der Waals surface area contributed by atoms with Crippen LogP contribution in [0.4, 0.5) is 5.69 Å². The summed E-state index contributed by atoms with van der Waals surface area (Å²) in [6.07, 6.45) is 0. The molecule has 4 aromatic rings. The lowest BCUT2D eigenvalue weighted by Gasteiger charge is -2.12. The van der Waals surface area contributed by atoms with Gasteiger partial charge in [0.25, 0.3) is 0 Å². The van der Waals surface area contributed by atoms with Gasteiger partial charge in [-0.3, -0.25) is 4.79 Å². The maximum atomic E-state index is 12.6. The van der Waals surface area contributed by atoms with E-state index in [4.69, 9.17) is 4.42 Å². The standard InChI is InChI=1S/C24H22N2O2S/c1-16-11-12-22-21(13-16)26-24(28-22)19-9-6-10-20(14-19)25-23(27)17(2)29-15-18-7-4-3-5-8-18/h3-14,17H,15H2,1-2H3,(H,25,27). The number of aromatic nitrogens is 1. The molecule has 1 aromatic heterocycles. The first kappa shape index (κ1) is 19.3. The zero-order valence-electron chi connectivity index (χ0n) is 16.4. The van der Waals surface area contributed by atoms with Gasteiger partial charge in [-0.1, -0.05) is 42.5 Å². The number of fused-ring (bicyclic) bond motifs is 1. The topological polar surface area (TPSA) is 55.1 Å². The third-order valence-corrected chi connectivity index (χ3v) is 5.85. The Labute approximate surface area is 174 Å². The van der Waals surface area contributed by atoms with Crippen molar-refractivity contribution in [3.8, 4) is 11.5 Å². The van der Waals surface area contributed by atoms with Crippen LogP contribution < -0.4 is 5.32 Å². The van der Waals surface area contributed by atoms with Gasteiger partial charge in [-0.05, 0) is 55.3 Å². The Morgan fingerprint density at radius 1 is 1.07 bits per heavy atom. The minimum Gasteiger partial charge on any atom is -0.436 e. The summed E-state index contributed by atoms with van der Waals surface area (Å²) in [6.45, 7) is 3.96. The molecule has 1 unspecified atom stereocenters. The Balaban J connectivity index is 1.44. The summed E-state index contributed by atoms with van der Waals surface area (Å²) in [5, 5.41) is 2.84. The highest BCUT2D eigenvalue weighted by Gasteiger charge is 2.15. The van der Waals surface area contributed by atoms with Crippen LogP contribution >= 0.6 is 11.8 Å². The molecule has 0 fully saturated rings. The van der Waals surface area contributed by atoms with E-state index in [0.29, 0.717) is 5.89 Å². The van der Waals surface area contributed by atoms with E-state index >= 15 is 0 Å². The summed E-state index contributed by atoms with van der Waals surface area (Å²) in [5.74, 6) is 1.34. The molecule has 29 heavy (non-hydrogen) atoms. The average molecular weight is 403 g/mol. The van der Waals surface area contributed by atoms with E-state index in [2.05, 4.69) is 22.4 Å². The van der Waals surface area contributed by atoms with Crippen molar-refractivity contribution < 1.29 is 9.21 Å². The van der Waals surface area contributed by atoms with Crippen molar-refractivity contribution in [1.82, 2.24) is 4.98 Å². The lowest BCUT2D eigenvalue weighted by Crippen LogP contribution is -2.22. The van der Waals surface area contributed by atoms with Gasteiger partial charge in [0.05, 0.1) is 5.25 Å². The summed E-state index contributed by atoms with van der Waals surface area (Å²) in [6, 6.07) is 23.7. The molecule has 1 amide bonds. The summed E-state index contributed by atoms with van der Waals surface area (Å²) in [7, 11) is 0. The molecule has 1 heterocycles. The lowest BCUT2D eigenvalue weighted by atomic mass is 10.2. The molecule has 0 saturated carbocycles. The van der Waals surface area contributed by atoms with Crippen molar-refractivity contribution in [1.29, 1.82) is 0 Å². The van der Waals surface area contributed by atoms with E-state index in [1.807, 2.05) is 74.5 Å². The van der Waals surface area contributed by atoms with Gasteiger partial charge >= 0.3 is 0 Å². The third-order valence-electron chi connectivity index (χ3n) is 4.63. The molecule has 146 valence electrons. The third kappa shape index (κ3) is 4.69. The molecule has 0 saturated heterocycles. The minimum absolute atomic E-state index is 0.0173. The van der Waals surface area contributed by atoms with Gasteiger partial charge in [-0.15, -0.1) is 11.8 Å². The smallest absolute Gasteiger partial charge is 0.237 e. The molecule has 0 aliphatic heterocycles. The zero-order chi connectivity index (χ0) is 20.2. The van der Waals surface area contributed by atoms with Crippen LogP contribution in [0.15, 0.2) is 77.2 Å². The fourth-order valence-corrected chi connectivity index (χ4v) is 3.85. The fourth-order valence-electron chi connectivity index (χ4n) is 3.01. The van der Waals surface area contributed by atoms with Crippen LogP contribution in [-0.4, -0.2) is 16.1 Å². The molecule has 0 spiro atoms. The highest BCUT2D eigenvalue weighted by atomic mass is 32.2. The zero-order valence-corrected chi connectivity index (χ0v) is 17.2. The van der Waals surface area contributed by atoms with Gasteiger partial charge in [0.1, 0.15) is 5.52 Å². The van der Waals surface area contributed by atoms with Crippen molar-refractivity contribution >= 4 is 34.5 Å². The number of hydrogen-bond acceptors (Lipinski definition) is 4. The largest absolute Gasteiger partial charge is 0.436 e. The number of rotatable bonds is 6. The van der Waals surface area contributed by atoms with Gasteiger partial charge in [0.2, 0.25) is 11.8 Å². The van der Waals surface area contributed by atoms with Crippen LogP contribution in [-0.2, 0) is 10.5 Å². The molecule has 3 aromatic carbocycles. The van der Waals surface area contributed by atoms with Gasteiger partial charge in [-0.25, -0.2) is 4.98 Å². The molecule has 0 aliphatic rings. The number of aryl methyl sites for hydroxylation is 1. The molecule has 4 rings (SSSR count). The van der Waals surface area contributed by atoms with Gasteiger partial charge in [-0.2, -0.15) is 0 Å². The van der Waals surface area contributed by atoms with Gasteiger partial charge in [0, 0.05) is 17.0 Å². The molecule has 1 atom stereocenters. The Morgan fingerprint density at radius 3 is 2.72 bits per heavy atom. The molecular formula is C24H22N2O2S. The maximum absolute atomic E-state index is 12.6. The number of carbonyl (C=O) groups is 1. The highest BCUT2D eigenvalue weighted by Crippen LogP contribution is 2.27.